The van der Waals surface area contributed by atoms with Gasteiger partial charge in [0.2, 0.25) is 0 Å². The van der Waals surface area contributed by atoms with Crippen LogP contribution in [-0.4, -0.2) is 20.5 Å². The lowest BCUT2D eigenvalue weighted by atomic mass is 10.1. The molecule has 0 aliphatic carbocycles. The number of benzene rings is 2. The van der Waals surface area contributed by atoms with Crippen molar-refractivity contribution in [3.8, 4) is 5.75 Å². The van der Waals surface area contributed by atoms with E-state index in [1.807, 2.05) is 19.9 Å². The van der Waals surface area contributed by atoms with Gasteiger partial charge < -0.3 is 10.1 Å². The summed E-state index contributed by atoms with van der Waals surface area (Å²) in [7, 11) is -2.20. The molecule has 0 atom stereocenters. The van der Waals surface area contributed by atoms with Crippen LogP contribution in [0.15, 0.2) is 59.6 Å². The number of anilines is 3. The topological polar surface area (TPSA) is 80.3 Å². The number of nitrogens with zero attached hydrogens (tertiary/aromatic N) is 1. The van der Waals surface area contributed by atoms with Crippen LogP contribution in [0.5, 0.6) is 5.75 Å². The van der Waals surface area contributed by atoms with E-state index in [0.717, 1.165) is 22.5 Å². The third kappa shape index (κ3) is 4.43. The number of rotatable bonds is 6. The van der Waals surface area contributed by atoms with Gasteiger partial charge in [-0.15, -0.1) is 0 Å². The Labute approximate surface area is 165 Å². The van der Waals surface area contributed by atoms with E-state index in [2.05, 4.69) is 27.2 Å². The number of aryl methyl sites for hydroxylation is 3. The van der Waals surface area contributed by atoms with E-state index in [9.17, 15) is 8.42 Å². The predicted octanol–water partition coefficient (Wildman–Crippen LogP) is 4.56. The fraction of sp³-hybridized carbons (Fsp3) is 0.190. The Bertz CT molecular complexity index is 1090. The highest BCUT2D eigenvalue weighted by Gasteiger charge is 2.18. The summed E-state index contributed by atoms with van der Waals surface area (Å²) < 4.78 is 33.0. The molecule has 0 saturated heterocycles. The van der Waals surface area contributed by atoms with Crippen LogP contribution in [0, 0.1) is 20.8 Å². The van der Waals surface area contributed by atoms with Gasteiger partial charge in [0.15, 0.2) is 0 Å². The number of sulfonamides is 1. The lowest BCUT2D eigenvalue weighted by molar-refractivity contribution is 0.414. The van der Waals surface area contributed by atoms with Crippen LogP contribution in [0.1, 0.15) is 16.7 Å². The highest BCUT2D eigenvalue weighted by atomic mass is 32.2. The Kier molecular flexibility index (Phi) is 5.56. The summed E-state index contributed by atoms with van der Waals surface area (Å²) in [6.07, 6.45) is 1.60. The Morgan fingerprint density at radius 1 is 0.929 bits per heavy atom. The monoisotopic (exact) mass is 397 g/mol. The summed E-state index contributed by atoms with van der Waals surface area (Å²) in [5, 5.41) is 3.30. The molecule has 1 heterocycles. The van der Waals surface area contributed by atoms with Crippen molar-refractivity contribution in [3.63, 3.8) is 0 Å². The molecule has 6 nitrogen and oxygen atoms in total. The fourth-order valence-electron chi connectivity index (χ4n) is 2.80. The second-order valence-electron chi connectivity index (χ2n) is 6.61. The fourth-order valence-corrected chi connectivity index (χ4v) is 4.03. The van der Waals surface area contributed by atoms with E-state index in [4.69, 9.17) is 4.74 Å². The van der Waals surface area contributed by atoms with Crippen molar-refractivity contribution in [1.82, 2.24) is 4.98 Å². The quantitative estimate of drug-likeness (QED) is 0.637. The highest BCUT2D eigenvalue weighted by Crippen LogP contribution is 2.24. The Morgan fingerprint density at radius 2 is 1.71 bits per heavy atom. The molecule has 3 aromatic rings. The molecule has 0 bridgehead atoms. The number of hydrogen-bond donors (Lipinski definition) is 2. The van der Waals surface area contributed by atoms with E-state index in [-0.39, 0.29) is 10.7 Å². The van der Waals surface area contributed by atoms with Gasteiger partial charge in [0, 0.05) is 5.69 Å². The zero-order chi connectivity index (χ0) is 20.3. The molecular weight excluding hydrogens is 374 g/mol. The molecule has 0 radical (unpaired) electrons. The number of hydrogen-bond acceptors (Lipinski definition) is 5. The molecule has 2 aromatic carbocycles. The number of nitrogens with one attached hydrogen (secondary N) is 2. The zero-order valence-corrected chi connectivity index (χ0v) is 17.1. The molecule has 0 aliphatic rings. The van der Waals surface area contributed by atoms with E-state index < -0.39 is 10.0 Å². The molecule has 0 unspecified atom stereocenters. The normalized spacial score (nSPS) is 11.1. The van der Waals surface area contributed by atoms with Crippen molar-refractivity contribution < 1.29 is 13.2 Å². The molecule has 0 amide bonds. The molecule has 0 saturated carbocycles. The minimum atomic E-state index is -3.74. The summed E-state index contributed by atoms with van der Waals surface area (Å²) in [4.78, 5) is 4.41. The number of aromatic nitrogens is 1. The first-order valence-electron chi connectivity index (χ1n) is 8.76. The van der Waals surface area contributed by atoms with Crippen molar-refractivity contribution >= 4 is 27.2 Å². The zero-order valence-electron chi connectivity index (χ0n) is 16.3. The second-order valence-corrected chi connectivity index (χ2v) is 8.26. The minimum Gasteiger partial charge on any atom is -0.497 e. The van der Waals surface area contributed by atoms with Crippen molar-refractivity contribution in [2.24, 2.45) is 0 Å². The van der Waals surface area contributed by atoms with Gasteiger partial charge in [-0.1, -0.05) is 12.1 Å². The SMILES string of the molecule is COc1ccc(S(=O)(=O)Nc2ccc(Nc3cc(C)ccc3C)cn2)c(C)c1. The van der Waals surface area contributed by atoms with Crippen molar-refractivity contribution in [2.75, 3.05) is 17.1 Å². The number of pyridine rings is 1. The second kappa shape index (κ2) is 7.90. The largest absolute Gasteiger partial charge is 0.497 e. The van der Waals surface area contributed by atoms with Crippen molar-refractivity contribution in [1.29, 1.82) is 0 Å². The van der Waals surface area contributed by atoms with Gasteiger partial charge in [-0.3, -0.25) is 4.72 Å². The summed E-state index contributed by atoms with van der Waals surface area (Å²) >= 11 is 0. The molecule has 0 fully saturated rings. The van der Waals surface area contributed by atoms with Gasteiger partial charge in [0.1, 0.15) is 11.6 Å². The summed E-state index contributed by atoms with van der Waals surface area (Å²) in [5.74, 6) is 0.859. The van der Waals surface area contributed by atoms with Crippen LogP contribution in [0.2, 0.25) is 0 Å². The van der Waals surface area contributed by atoms with Crippen molar-refractivity contribution in [2.45, 2.75) is 25.7 Å². The third-order valence-corrected chi connectivity index (χ3v) is 5.86. The first-order valence-corrected chi connectivity index (χ1v) is 10.2. The molecular formula is C21H23N3O3S. The number of methoxy groups -OCH3 is 1. The molecule has 7 heteroatoms. The van der Waals surface area contributed by atoms with Crippen molar-refractivity contribution in [3.05, 3.63) is 71.4 Å². The highest BCUT2D eigenvalue weighted by molar-refractivity contribution is 7.92. The molecule has 146 valence electrons. The predicted molar refractivity (Wildman–Crippen MR) is 112 cm³/mol. The minimum absolute atomic E-state index is 0.188. The van der Waals surface area contributed by atoms with Gasteiger partial charge in [0.05, 0.1) is 23.9 Å². The van der Waals surface area contributed by atoms with Gasteiger partial charge in [-0.05, 0) is 73.9 Å². The maximum Gasteiger partial charge on any atom is 0.263 e. The Hall–Kier alpha value is -3.06. The van der Waals surface area contributed by atoms with E-state index in [1.165, 1.54) is 6.07 Å². The third-order valence-electron chi connectivity index (χ3n) is 4.35. The van der Waals surface area contributed by atoms with Crippen LogP contribution < -0.4 is 14.8 Å². The molecule has 3 rings (SSSR count). The molecule has 28 heavy (non-hydrogen) atoms. The Balaban J connectivity index is 1.77. The van der Waals surface area contributed by atoms with Crippen LogP contribution in [-0.2, 0) is 10.0 Å². The average molecular weight is 398 g/mol. The first kappa shape index (κ1) is 19.7. The van der Waals surface area contributed by atoms with Crippen LogP contribution in [0.25, 0.3) is 0 Å². The lowest BCUT2D eigenvalue weighted by Crippen LogP contribution is -2.15. The maximum absolute atomic E-state index is 12.7. The van der Waals surface area contributed by atoms with E-state index >= 15 is 0 Å². The maximum atomic E-state index is 12.7. The standard InChI is InChI=1S/C21H23N3O3S/c1-14-5-6-15(2)19(11-14)23-17-7-10-21(22-13-17)24-28(25,26)20-9-8-18(27-4)12-16(20)3/h5-13,23H,1-4H3,(H,22,24). The summed E-state index contributed by atoms with van der Waals surface area (Å²) in [6.45, 7) is 5.78. The average Bonchev–Trinajstić information content (AvgIpc) is 2.65. The number of ether oxygens (including phenoxy) is 1. The van der Waals surface area contributed by atoms with E-state index in [0.29, 0.717) is 11.3 Å². The van der Waals surface area contributed by atoms with Gasteiger partial charge >= 0.3 is 0 Å². The molecule has 1 aromatic heterocycles. The smallest absolute Gasteiger partial charge is 0.263 e. The molecule has 0 aliphatic heterocycles. The van der Waals surface area contributed by atoms with Crippen LogP contribution in [0.3, 0.4) is 0 Å². The van der Waals surface area contributed by atoms with Gasteiger partial charge in [-0.2, -0.15) is 0 Å². The molecule has 0 spiro atoms. The van der Waals surface area contributed by atoms with Gasteiger partial charge in [-0.25, -0.2) is 13.4 Å². The van der Waals surface area contributed by atoms with Crippen LogP contribution >= 0.6 is 0 Å². The van der Waals surface area contributed by atoms with Gasteiger partial charge in [0.25, 0.3) is 10.0 Å². The molecule has 2 N–H and O–H groups in total. The van der Waals surface area contributed by atoms with Crippen LogP contribution in [0.4, 0.5) is 17.2 Å². The summed E-state index contributed by atoms with van der Waals surface area (Å²) in [6, 6.07) is 14.4. The Morgan fingerprint density at radius 3 is 2.36 bits per heavy atom. The van der Waals surface area contributed by atoms with E-state index in [1.54, 1.807) is 44.5 Å². The summed E-state index contributed by atoms with van der Waals surface area (Å²) in [5.41, 5.74) is 4.63. The lowest BCUT2D eigenvalue weighted by Gasteiger charge is -2.13. The first-order chi connectivity index (χ1) is 13.3.